The van der Waals surface area contributed by atoms with Crippen LogP contribution in [-0.2, 0) is 7.05 Å². The second-order valence-corrected chi connectivity index (χ2v) is 10.1. The monoisotopic (exact) mass is 448 g/mol. The van der Waals surface area contributed by atoms with Gasteiger partial charge in [0.2, 0.25) is 0 Å². The van der Waals surface area contributed by atoms with E-state index in [1.54, 1.807) is 0 Å². The maximum atomic E-state index is 5.12. The summed E-state index contributed by atoms with van der Waals surface area (Å²) in [5, 5.41) is 13.6. The summed E-state index contributed by atoms with van der Waals surface area (Å²) in [6.07, 6.45) is 12.6. The highest BCUT2D eigenvalue weighted by Gasteiger charge is 2.29. The van der Waals surface area contributed by atoms with Gasteiger partial charge in [-0.05, 0) is 55.6 Å². The standard InChI is InChI=1S/C23H28N8S/c1-15-8-22(32-28-15)26-21-10-20(30-7-3-4-17(13-30)9-16-5-6-16)27-23-19(12-25-31(21)23)18-11-24-29(2)14-18/h8,10-12,14,16-17,26H,3-7,9,13H2,1-2H3. The molecule has 0 amide bonds. The van der Waals surface area contributed by atoms with Crippen LogP contribution >= 0.6 is 11.5 Å². The second-order valence-electron chi connectivity index (χ2n) is 9.29. The molecule has 6 rings (SSSR count). The number of nitrogens with zero attached hydrogens (tertiary/aromatic N) is 7. The fourth-order valence-corrected chi connectivity index (χ4v) is 5.47. The molecule has 9 heteroatoms. The van der Waals surface area contributed by atoms with E-state index in [1.165, 1.54) is 43.6 Å². The van der Waals surface area contributed by atoms with Gasteiger partial charge in [0.05, 0.1) is 18.1 Å². The molecule has 2 fully saturated rings. The quantitative estimate of drug-likeness (QED) is 0.463. The molecule has 1 aliphatic carbocycles. The number of nitrogens with one attached hydrogen (secondary N) is 1. The number of hydrogen-bond acceptors (Lipinski definition) is 7. The average Bonchev–Trinajstić information content (AvgIpc) is 3.14. The van der Waals surface area contributed by atoms with E-state index < -0.39 is 0 Å². The van der Waals surface area contributed by atoms with Crippen molar-refractivity contribution in [2.75, 3.05) is 23.3 Å². The summed E-state index contributed by atoms with van der Waals surface area (Å²) in [5.41, 5.74) is 3.88. The van der Waals surface area contributed by atoms with E-state index in [9.17, 15) is 0 Å². The third kappa shape index (κ3) is 3.85. The third-order valence-corrected chi connectivity index (χ3v) is 7.36. The van der Waals surface area contributed by atoms with Gasteiger partial charge in [0.25, 0.3) is 0 Å². The zero-order valence-electron chi connectivity index (χ0n) is 18.5. The van der Waals surface area contributed by atoms with Crippen LogP contribution in [0.2, 0.25) is 0 Å². The Balaban J connectivity index is 1.41. The van der Waals surface area contributed by atoms with Gasteiger partial charge in [-0.15, -0.1) is 0 Å². The van der Waals surface area contributed by atoms with Crippen molar-refractivity contribution in [2.45, 2.75) is 39.0 Å². The Hall–Kier alpha value is -2.94. The lowest BCUT2D eigenvalue weighted by atomic mass is 9.93. The molecule has 0 aromatic carbocycles. The molecule has 1 aliphatic heterocycles. The van der Waals surface area contributed by atoms with Gasteiger partial charge in [0.15, 0.2) is 5.65 Å². The van der Waals surface area contributed by atoms with Crippen LogP contribution in [0.25, 0.3) is 16.8 Å². The first kappa shape index (κ1) is 19.7. The van der Waals surface area contributed by atoms with Crippen molar-refractivity contribution < 1.29 is 0 Å². The van der Waals surface area contributed by atoms with Crippen LogP contribution in [0.15, 0.2) is 30.7 Å². The number of anilines is 3. The molecule has 4 aromatic heterocycles. The number of piperidine rings is 1. The van der Waals surface area contributed by atoms with Crippen LogP contribution < -0.4 is 10.2 Å². The summed E-state index contributed by atoms with van der Waals surface area (Å²) in [6, 6.07) is 4.20. The van der Waals surface area contributed by atoms with E-state index >= 15 is 0 Å². The van der Waals surface area contributed by atoms with Gasteiger partial charge in [-0.2, -0.15) is 19.1 Å². The van der Waals surface area contributed by atoms with Gasteiger partial charge in [-0.25, -0.2) is 4.98 Å². The van der Waals surface area contributed by atoms with Crippen molar-refractivity contribution in [1.29, 1.82) is 0 Å². The lowest BCUT2D eigenvalue weighted by Gasteiger charge is -2.34. The molecule has 4 aromatic rings. The van der Waals surface area contributed by atoms with Gasteiger partial charge >= 0.3 is 0 Å². The fraction of sp³-hybridized carbons (Fsp3) is 0.478. The topological polar surface area (TPSA) is 76.2 Å². The minimum atomic E-state index is 0.775. The van der Waals surface area contributed by atoms with E-state index in [4.69, 9.17) is 4.98 Å². The van der Waals surface area contributed by atoms with Crippen molar-refractivity contribution in [1.82, 2.24) is 28.8 Å². The Morgan fingerprint density at radius 1 is 1.12 bits per heavy atom. The van der Waals surface area contributed by atoms with Crippen molar-refractivity contribution in [3.8, 4) is 11.1 Å². The van der Waals surface area contributed by atoms with E-state index in [2.05, 4.69) is 36.9 Å². The van der Waals surface area contributed by atoms with Crippen LogP contribution in [0.4, 0.5) is 16.6 Å². The molecular weight excluding hydrogens is 420 g/mol. The number of fused-ring (bicyclic) bond motifs is 1. The summed E-state index contributed by atoms with van der Waals surface area (Å²) in [4.78, 5) is 7.59. The Bertz CT molecular complexity index is 1250. The SMILES string of the molecule is Cc1cc(Nc2cc(N3CCCC(CC4CC4)C3)nc3c(-c4cnn(C)c4)cnn23)sn1. The largest absolute Gasteiger partial charge is 0.356 e. The Morgan fingerprint density at radius 3 is 2.78 bits per heavy atom. The molecular formula is C23H28N8S. The molecule has 1 unspecified atom stereocenters. The summed E-state index contributed by atoms with van der Waals surface area (Å²) in [7, 11) is 1.93. The number of rotatable bonds is 6. The summed E-state index contributed by atoms with van der Waals surface area (Å²) in [6.45, 7) is 4.16. The maximum absolute atomic E-state index is 5.12. The molecule has 0 spiro atoms. The van der Waals surface area contributed by atoms with Crippen molar-refractivity contribution in [2.24, 2.45) is 18.9 Å². The number of aromatic nitrogens is 6. The molecule has 1 saturated carbocycles. The maximum Gasteiger partial charge on any atom is 0.167 e. The minimum absolute atomic E-state index is 0.775. The van der Waals surface area contributed by atoms with E-state index in [0.717, 1.165) is 64.0 Å². The van der Waals surface area contributed by atoms with Gasteiger partial charge < -0.3 is 10.2 Å². The fourth-order valence-electron chi connectivity index (χ4n) is 4.80. The zero-order chi connectivity index (χ0) is 21.7. The molecule has 1 N–H and O–H groups in total. The predicted octanol–water partition coefficient (Wildman–Crippen LogP) is 4.65. The minimum Gasteiger partial charge on any atom is -0.356 e. The van der Waals surface area contributed by atoms with Crippen molar-refractivity contribution in [3.63, 3.8) is 0 Å². The second kappa shape index (κ2) is 7.88. The Kier molecular flexibility index (Phi) is 4.86. The summed E-state index contributed by atoms with van der Waals surface area (Å²) >= 11 is 1.47. The van der Waals surface area contributed by atoms with Gasteiger partial charge in [-0.1, -0.05) is 12.8 Å². The van der Waals surface area contributed by atoms with Crippen LogP contribution in [0, 0.1) is 18.8 Å². The molecule has 8 nitrogen and oxygen atoms in total. The molecule has 0 bridgehead atoms. The van der Waals surface area contributed by atoms with Crippen LogP contribution in [0.3, 0.4) is 0 Å². The highest BCUT2D eigenvalue weighted by atomic mass is 32.1. The lowest BCUT2D eigenvalue weighted by Crippen LogP contribution is -2.36. The first-order valence-corrected chi connectivity index (χ1v) is 12.2. The Labute approximate surface area is 191 Å². The Morgan fingerprint density at radius 2 is 2.03 bits per heavy atom. The van der Waals surface area contributed by atoms with E-state index in [-0.39, 0.29) is 0 Å². The zero-order valence-corrected chi connectivity index (χ0v) is 19.3. The van der Waals surface area contributed by atoms with Crippen molar-refractivity contribution >= 4 is 33.8 Å². The van der Waals surface area contributed by atoms with Gasteiger partial charge in [-0.3, -0.25) is 4.68 Å². The lowest BCUT2D eigenvalue weighted by molar-refractivity contribution is 0.373. The van der Waals surface area contributed by atoms with Gasteiger partial charge in [0.1, 0.15) is 16.6 Å². The molecule has 0 radical (unpaired) electrons. The highest BCUT2D eigenvalue weighted by molar-refractivity contribution is 7.10. The summed E-state index contributed by atoms with van der Waals surface area (Å²) in [5.74, 6) is 3.67. The van der Waals surface area contributed by atoms with E-state index in [1.807, 2.05) is 41.8 Å². The highest BCUT2D eigenvalue weighted by Crippen LogP contribution is 2.39. The first-order chi connectivity index (χ1) is 15.6. The third-order valence-electron chi connectivity index (χ3n) is 6.56. The average molecular weight is 449 g/mol. The van der Waals surface area contributed by atoms with E-state index in [0.29, 0.717) is 0 Å². The molecule has 166 valence electrons. The molecule has 5 heterocycles. The van der Waals surface area contributed by atoms with Crippen LogP contribution in [-0.4, -0.2) is 41.8 Å². The summed E-state index contributed by atoms with van der Waals surface area (Å²) < 4.78 is 8.13. The molecule has 32 heavy (non-hydrogen) atoms. The first-order valence-electron chi connectivity index (χ1n) is 11.5. The molecule has 1 atom stereocenters. The predicted molar refractivity (Wildman–Crippen MR) is 128 cm³/mol. The normalized spacial score (nSPS) is 19.1. The smallest absolute Gasteiger partial charge is 0.167 e. The number of aryl methyl sites for hydroxylation is 2. The van der Waals surface area contributed by atoms with Gasteiger partial charge in [0, 0.05) is 43.5 Å². The molecule has 2 aliphatic rings. The number of hydrogen-bond donors (Lipinski definition) is 1. The van der Waals surface area contributed by atoms with Crippen molar-refractivity contribution in [3.05, 3.63) is 36.4 Å². The van der Waals surface area contributed by atoms with Crippen LogP contribution in [0.1, 0.15) is 37.8 Å². The molecule has 1 saturated heterocycles. The van der Waals surface area contributed by atoms with Crippen LogP contribution in [0.5, 0.6) is 0 Å².